The van der Waals surface area contributed by atoms with E-state index in [9.17, 15) is 23.1 Å². The number of hydrogen-bond donors (Lipinski definition) is 1. The van der Waals surface area contributed by atoms with E-state index in [1.165, 1.54) is 0 Å². The Hall–Kier alpha value is -1.95. The van der Waals surface area contributed by atoms with Crippen LogP contribution in [0.15, 0.2) is 33.6 Å². The number of aliphatic hydroxyl groups excluding tert-OH is 1. The highest BCUT2D eigenvalue weighted by Gasteiger charge is 2.38. The zero-order valence-corrected chi connectivity index (χ0v) is 16.1. The van der Waals surface area contributed by atoms with Crippen LogP contribution in [0.3, 0.4) is 0 Å². The van der Waals surface area contributed by atoms with E-state index in [0.29, 0.717) is 10.4 Å². The lowest BCUT2D eigenvalue weighted by Crippen LogP contribution is -2.32. The van der Waals surface area contributed by atoms with Crippen LogP contribution < -0.4 is 0 Å². The van der Waals surface area contributed by atoms with Crippen molar-refractivity contribution in [2.45, 2.75) is 53.9 Å². The summed E-state index contributed by atoms with van der Waals surface area (Å²) < 4.78 is 23.4. The van der Waals surface area contributed by atoms with Crippen molar-refractivity contribution in [3.8, 4) is 0 Å². The van der Waals surface area contributed by atoms with Gasteiger partial charge in [0, 0.05) is 25.2 Å². The molecule has 0 aromatic carbocycles. The standard InChI is InChI=1S/C19H24O5S/c1-6-14(20)18-15(21)7-13(8-16(18)22)17-10(3)9(2)11(4)19(12(17)5)25(23)24/h11,13,20H,6-8H2,1-5H3. The van der Waals surface area contributed by atoms with Gasteiger partial charge in [0.2, 0.25) is 10.3 Å². The molecule has 6 heteroatoms. The molecule has 0 radical (unpaired) electrons. The molecule has 0 heterocycles. The van der Waals surface area contributed by atoms with Crippen molar-refractivity contribution >= 4 is 26.7 Å². The van der Waals surface area contributed by atoms with Gasteiger partial charge >= 0.3 is 0 Å². The molecule has 1 unspecified atom stereocenters. The maximum Gasteiger partial charge on any atom is 0.218 e. The smallest absolute Gasteiger partial charge is 0.218 e. The molecule has 5 nitrogen and oxygen atoms in total. The summed E-state index contributed by atoms with van der Waals surface area (Å²) in [5.74, 6) is -1.46. The molecule has 136 valence electrons. The van der Waals surface area contributed by atoms with Crippen LogP contribution >= 0.6 is 0 Å². The second-order valence-corrected chi connectivity index (χ2v) is 7.70. The van der Waals surface area contributed by atoms with E-state index in [1.54, 1.807) is 13.8 Å². The predicted octanol–water partition coefficient (Wildman–Crippen LogP) is 3.11. The van der Waals surface area contributed by atoms with Crippen LogP contribution in [0, 0.1) is 11.8 Å². The molecule has 1 saturated carbocycles. The molecule has 1 fully saturated rings. The minimum atomic E-state index is -2.35. The van der Waals surface area contributed by atoms with Crippen molar-refractivity contribution in [2.24, 2.45) is 11.8 Å². The first-order valence-electron chi connectivity index (χ1n) is 8.45. The Kier molecular flexibility index (Phi) is 5.52. The van der Waals surface area contributed by atoms with Gasteiger partial charge in [0.25, 0.3) is 0 Å². The molecule has 0 spiro atoms. The van der Waals surface area contributed by atoms with Crippen molar-refractivity contribution in [3.63, 3.8) is 0 Å². The number of carbonyl (C=O) groups is 2. The zero-order valence-electron chi connectivity index (χ0n) is 15.3. The van der Waals surface area contributed by atoms with E-state index in [1.807, 2.05) is 20.8 Å². The number of aliphatic hydroxyl groups is 1. The number of carbonyl (C=O) groups excluding carboxylic acids is 2. The minimum absolute atomic E-state index is 0.0869. The van der Waals surface area contributed by atoms with Gasteiger partial charge in [-0.15, -0.1) is 0 Å². The highest BCUT2D eigenvalue weighted by atomic mass is 32.2. The lowest BCUT2D eigenvalue weighted by atomic mass is 9.71. The maximum atomic E-state index is 12.4. The van der Waals surface area contributed by atoms with Gasteiger partial charge < -0.3 is 5.11 Å². The molecule has 1 N–H and O–H groups in total. The molecule has 0 aromatic heterocycles. The van der Waals surface area contributed by atoms with Gasteiger partial charge in [-0.3, -0.25) is 9.59 Å². The van der Waals surface area contributed by atoms with Gasteiger partial charge in [0.15, 0.2) is 11.6 Å². The summed E-state index contributed by atoms with van der Waals surface area (Å²) in [6.07, 6.45) is 0.451. The number of Topliss-reactive ketones (excluding diaryl/α,β-unsaturated/α-hetero) is 2. The van der Waals surface area contributed by atoms with Crippen LogP contribution in [0.5, 0.6) is 0 Å². The van der Waals surface area contributed by atoms with E-state index in [-0.39, 0.29) is 54.0 Å². The topological polar surface area (TPSA) is 88.5 Å². The molecule has 2 aliphatic carbocycles. The summed E-state index contributed by atoms with van der Waals surface area (Å²) in [6, 6.07) is 0. The Labute approximate surface area is 149 Å². The fourth-order valence-electron chi connectivity index (χ4n) is 3.94. The molecule has 2 rings (SSSR count). The van der Waals surface area contributed by atoms with Crippen LogP contribution in [0.1, 0.15) is 53.9 Å². The lowest BCUT2D eigenvalue weighted by molar-refractivity contribution is -0.125. The first kappa shape index (κ1) is 19.4. The lowest BCUT2D eigenvalue weighted by Gasteiger charge is -2.33. The van der Waals surface area contributed by atoms with Gasteiger partial charge in [0.05, 0.1) is 10.4 Å². The largest absolute Gasteiger partial charge is 0.511 e. The van der Waals surface area contributed by atoms with Crippen LogP contribution in [-0.2, 0) is 19.9 Å². The van der Waals surface area contributed by atoms with Crippen molar-refractivity contribution in [3.05, 3.63) is 33.6 Å². The summed E-state index contributed by atoms with van der Waals surface area (Å²) in [5.41, 5.74) is 3.23. The number of ketones is 2. The van der Waals surface area contributed by atoms with E-state index >= 15 is 0 Å². The van der Waals surface area contributed by atoms with E-state index < -0.39 is 10.3 Å². The van der Waals surface area contributed by atoms with Crippen molar-refractivity contribution < 1.29 is 23.1 Å². The molecular formula is C19H24O5S. The Balaban J connectivity index is 2.57. The molecule has 0 aromatic rings. The second kappa shape index (κ2) is 7.12. The third-order valence-electron chi connectivity index (χ3n) is 5.44. The van der Waals surface area contributed by atoms with Crippen molar-refractivity contribution in [1.29, 1.82) is 0 Å². The molecule has 0 bridgehead atoms. The summed E-state index contributed by atoms with van der Waals surface area (Å²) in [4.78, 5) is 25.2. The van der Waals surface area contributed by atoms with E-state index in [4.69, 9.17) is 0 Å². The van der Waals surface area contributed by atoms with Crippen LogP contribution in [0.2, 0.25) is 0 Å². The Morgan fingerprint density at radius 3 is 2.04 bits per heavy atom. The van der Waals surface area contributed by atoms with Crippen molar-refractivity contribution in [1.82, 2.24) is 0 Å². The molecule has 0 saturated heterocycles. The first-order valence-corrected chi connectivity index (χ1v) is 9.52. The molecule has 0 amide bonds. The third-order valence-corrected chi connectivity index (χ3v) is 6.46. The zero-order chi connectivity index (χ0) is 19.0. The summed E-state index contributed by atoms with van der Waals surface area (Å²) in [6.45, 7) is 9.09. The fourth-order valence-corrected chi connectivity index (χ4v) is 4.76. The van der Waals surface area contributed by atoms with Gasteiger partial charge in [-0.05, 0) is 43.4 Å². The van der Waals surface area contributed by atoms with E-state index in [2.05, 4.69) is 0 Å². The number of rotatable bonds is 2. The quantitative estimate of drug-likeness (QED) is 0.352. The molecular weight excluding hydrogens is 340 g/mol. The Bertz CT molecular complexity index is 853. The van der Waals surface area contributed by atoms with Crippen LogP contribution in [0.4, 0.5) is 0 Å². The molecule has 2 aliphatic rings. The SMILES string of the molecule is CCC(O)=C1C(=O)CC(C2=C(C)C(=S(=O)=O)C(C)C(C)=C2C)CC1=O. The highest BCUT2D eigenvalue weighted by molar-refractivity contribution is 7.73. The summed E-state index contributed by atoms with van der Waals surface area (Å²) in [5, 5.41) is 9.85. The normalized spacial score (nSPS) is 25.0. The van der Waals surface area contributed by atoms with Gasteiger partial charge in [-0.2, -0.15) is 8.42 Å². The fraction of sp³-hybridized carbons (Fsp3) is 0.526. The maximum absolute atomic E-state index is 12.4. The van der Waals surface area contributed by atoms with Gasteiger partial charge in [0.1, 0.15) is 5.76 Å². The first-order chi connectivity index (χ1) is 11.6. The van der Waals surface area contributed by atoms with Crippen LogP contribution in [0.25, 0.3) is 0 Å². The molecule has 25 heavy (non-hydrogen) atoms. The second-order valence-electron chi connectivity index (χ2n) is 6.79. The Morgan fingerprint density at radius 2 is 1.60 bits per heavy atom. The number of hydrogen-bond acceptors (Lipinski definition) is 5. The highest BCUT2D eigenvalue weighted by Crippen LogP contribution is 2.41. The third kappa shape index (κ3) is 3.27. The Morgan fingerprint density at radius 1 is 1.08 bits per heavy atom. The average Bonchev–Trinajstić information content (AvgIpc) is 2.51. The molecule has 0 aliphatic heterocycles. The van der Waals surface area contributed by atoms with Gasteiger partial charge in [-0.1, -0.05) is 19.4 Å². The number of allylic oxidation sites excluding steroid dienone is 6. The van der Waals surface area contributed by atoms with Crippen molar-refractivity contribution in [2.75, 3.05) is 0 Å². The summed E-state index contributed by atoms with van der Waals surface area (Å²) in [7, 11) is -2.35. The minimum Gasteiger partial charge on any atom is -0.511 e. The monoisotopic (exact) mass is 364 g/mol. The summed E-state index contributed by atoms with van der Waals surface area (Å²) >= 11 is 0. The van der Waals surface area contributed by atoms with Gasteiger partial charge in [-0.25, -0.2) is 0 Å². The molecule has 1 atom stereocenters. The average molecular weight is 364 g/mol. The van der Waals surface area contributed by atoms with E-state index in [0.717, 1.165) is 16.7 Å². The van der Waals surface area contributed by atoms with Crippen LogP contribution in [-0.4, -0.2) is 30.0 Å². The predicted molar refractivity (Wildman–Crippen MR) is 96.8 cm³/mol.